The van der Waals surface area contributed by atoms with Gasteiger partial charge in [0.15, 0.2) is 5.76 Å². The van der Waals surface area contributed by atoms with Gasteiger partial charge >= 0.3 is 0 Å². The van der Waals surface area contributed by atoms with Gasteiger partial charge in [-0.25, -0.2) is 4.98 Å². The van der Waals surface area contributed by atoms with Gasteiger partial charge in [-0.2, -0.15) is 0 Å². The lowest BCUT2D eigenvalue weighted by Crippen LogP contribution is -2.30. The number of rotatable bonds is 8. The van der Waals surface area contributed by atoms with Gasteiger partial charge in [0.05, 0.1) is 18.5 Å². The van der Waals surface area contributed by atoms with E-state index in [0.29, 0.717) is 25.5 Å². The number of amides is 1. The molecular formula is C20H20N2O3S. The van der Waals surface area contributed by atoms with E-state index in [1.807, 2.05) is 36.6 Å². The molecule has 0 N–H and O–H groups in total. The molecule has 0 aliphatic heterocycles. The highest BCUT2D eigenvalue weighted by atomic mass is 32.1. The lowest BCUT2D eigenvalue weighted by Gasteiger charge is -2.18. The molecule has 0 saturated carbocycles. The van der Waals surface area contributed by atoms with Gasteiger partial charge in [-0.15, -0.1) is 17.9 Å². The van der Waals surface area contributed by atoms with Gasteiger partial charge in [0.25, 0.3) is 5.91 Å². The summed E-state index contributed by atoms with van der Waals surface area (Å²) in [6, 6.07) is 11.3. The molecule has 5 nitrogen and oxygen atoms in total. The van der Waals surface area contributed by atoms with E-state index in [1.54, 1.807) is 23.1 Å². The molecule has 6 heteroatoms. The monoisotopic (exact) mass is 368 g/mol. The van der Waals surface area contributed by atoms with Crippen LogP contribution in [0.2, 0.25) is 0 Å². The van der Waals surface area contributed by atoms with Crippen LogP contribution in [0.4, 0.5) is 0 Å². The smallest absolute Gasteiger partial charge is 0.290 e. The zero-order valence-electron chi connectivity index (χ0n) is 14.6. The van der Waals surface area contributed by atoms with Crippen LogP contribution >= 0.6 is 11.3 Å². The molecule has 1 aromatic carbocycles. The zero-order valence-corrected chi connectivity index (χ0v) is 15.4. The van der Waals surface area contributed by atoms with Crippen molar-refractivity contribution in [2.45, 2.75) is 20.1 Å². The average Bonchev–Trinajstić information content (AvgIpc) is 3.31. The molecule has 3 aromatic rings. The number of aromatic nitrogens is 1. The number of hydrogen-bond acceptors (Lipinski definition) is 5. The lowest BCUT2D eigenvalue weighted by molar-refractivity contribution is 0.0729. The average molecular weight is 368 g/mol. The van der Waals surface area contributed by atoms with E-state index in [0.717, 1.165) is 22.0 Å². The van der Waals surface area contributed by atoms with Crippen molar-refractivity contribution in [2.24, 2.45) is 0 Å². The number of carbonyl (C=O) groups excluding carboxylic acids is 1. The first-order chi connectivity index (χ1) is 12.7. The van der Waals surface area contributed by atoms with Crippen LogP contribution in [0.1, 0.15) is 26.8 Å². The van der Waals surface area contributed by atoms with Gasteiger partial charge in [-0.3, -0.25) is 4.79 Å². The fourth-order valence-electron chi connectivity index (χ4n) is 2.46. The van der Waals surface area contributed by atoms with Crippen molar-refractivity contribution >= 4 is 17.2 Å². The Morgan fingerprint density at radius 3 is 3.00 bits per heavy atom. The number of benzene rings is 1. The molecule has 3 rings (SSSR count). The van der Waals surface area contributed by atoms with Gasteiger partial charge in [0.2, 0.25) is 0 Å². The van der Waals surface area contributed by atoms with Crippen LogP contribution < -0.4 is 4.74 Å². The Labute approximate surface area is 156 Å². The summed E-state index contributed by atoms with van der Waals surface area (Å²) in [5, 5.41) is 2.81. The third-order valence-corrected chi connectivity index (χ3v) is 4.54. The number of furan rings is 1. The lowest BCUT2D eigenvalue weighted by atomic mass is 10.2. The topological polar surface area (TPSA) is 55.6 Å². The largest absolute Gasteiger partial charge is 0.486 e. The van der Waals surface area contributed by atoms with E-state index in [9.17, 15) is 4.79 Å². The van der Waals surface area contributed by atoms with Crippen molar-refractivity contribution in [3.05, 3.63) is 82.7 Å². The molecule has 134 valence electrons. The Morgan fingerprint density at radius 2 is 2.27 bits per heavy atom. The van der Waals surface area contributed by atoms with Gasteiger partial charge in [0.1, 0.15) is 17.4 Å². The number of hydrogen-bond donors (Lipinski definition) is 0. The van der Waals surface area contributed by atoms with E-state index in [1.165, 1.54) is 17.6 Å². The van der Waals surface area contributed by atoms with E-state index >= 15 is 0 Å². The molecule has 1 amide bonds. The second kappa shape index (κ2) is 8.49. The van der Waals surface area contributed by atoms with Crippen LogP contribution in [-0.4, -0.2) is 22.3 Å². The molecule has 0 saturated heterocycles. The fraction of sp³-hybridized carbons (Fsp3) is 0.200. The molecule has 0 aliphatic carbocycles. The molecule has 0 aliphatic rings. The molecule has 2 aromatic heterocycles. The van der Waals surface area contributed by atoms with Crippen LogP contribution in [0.15, 0.2) is 65.1 Å². The Morgan fingerprint density at radius 1 is 1.38 bits per heavy atom. The molecule has 0 bridgehead atoms. The summed E-state index contributed by atoms with van der Waals surface area (Å²) in [6.45, 7) is 6.97. The minimum absolute atomic E-state index is 0.180. The molecule has 0 radical (unpaired) electrons. The summed E-state index contributed by atoms with van der Waals surface area (Å²) in [6.07, 6.45) is 3.18. The Balaban J connectivity index is 1.62. The van der Waals surface area contributed by atoms with E-state index in [-0.39, 0.29) is 5.91 Å². The van der Waals surface area contributed by atoms with Crippen LogP contribution in [0.3, 0.4) is 0 Å². The summed E-state index contributed by atoms with van der Waals surface area (Å²) >= 11 is 1.52. The van der Waals surface area contributed by atoms with Gasteiger partial charge in [-0.1, -0.05) is 18.2 Å². The number of ether oxygens (including phenoxy) is 1. The van der Waals surface area contributed by atoms with Gasteiger partial charge in [0, 0.05) is 11.9 Å². The summed E-state index contributed by atoms with van der Waals surface area (Å²) in [5.74, 6) is 0.952. The summed E-state index contributed by atoms with van der Waals surface area (Å²) in [4.78, 5) is 18.7. The maximum Gasteiger partial charge on any atom is 0.290 e. The quantitative estimate of drug-likeness (QED) is 0.551. The van der Waals surface area contributed by atoms with Crippen LogP contribution in [0.5, 0.6) is 5.75 Å². The molecule has 0 atom stereocenters. The van der Waals surface area contributed by atoms with Crippen LogP contribution in [0, 0.1) is 6.92 Å². The predicted octanol–water partition coefficient (Wildman–Crippen LogP) is 4.45. The Hall–Kier alpha value is -2.86. The van der Waals surface area contributed by atoms with E-state index in [4.69, 9.17) is 9.15 Å². The van der Waals surface area contributed by atoms with Crippen molar-refractivity contribution < 1.29 is 13.9 Å². The summed E-state index contributed by atoms with van der Waals surface area (Å²) < 4.78 is 11.0. The predicted molar refractivity (Wildman–Crippen MR) is 101 cm³/mol. The highest BCUT2D eigenvalue weighted by molar-refractivity contribution is 7.09. The standard InChI is InChI=1S/C20H20N2O3S/c1-3-9-22(20(23)18-8-5-10-24-18)12-16-14-26-19(21-16)13-25-17-7-4-6-15(2)11-17/h3-8,10-11,14H,1,9,12-13H2,2H3. The minimum Gasteiger partial charge on any atom is -0.486 e. The normalized spacial score (nSPS) is 10.5. The Bertz CT molecular complexity index is 871. The number of thiazole rings is 1. The molecular weight excluding hydrogens is 348 g/mol. The maximum absolute atomic E-state index is 12.5. The minimum atomic E-state index is -0.180. The van der Waals surface area contributed by atoms with Gasteiger partial charge < -0.3 is 14.1 Å². The SMILES string of the molecule is C=CCN(Cc1csc(COc2cccc(C)c2)n1)C(=O)c1ccco1. The first kappa shape index (κ1) is 17.9. The first-order valence-electron chi connectivity index (χ1n) is 8.22. The molecule has 0 fully saturated rings. The molecule has 0 spiro atoms. The number of aryl methyl sites for hydroxylation is 1. The third kappa shape index (κ3) is 4.61. The molecule has 26 heavy (non-hydrogen) atoms. The van der Waals surface area contributed by atoms with Crippen LogP contribution in [-0.2, 0) is 13.2 Å². The fourth-order valence-corrected chi connectivity index (χ4v) is 3.16. The van der Waals surface area contributed by atoms with E-state index in [2.05, 4.69) is 11.6 Å². The van der Waals surface area contributed by atoms with Crippen molar-refractivity contribution in [1.29, 1.82) is 0 Å². The maximum atomic E-state index is 12.5. The van der Waals surface area contributed by atoms with Crippen LogP contribution in [0.25, 0.3) is 0 Å². The van der Waals surface area contributed by atoms with Crippen molar-refractivity contribution in [2.75, 3.05) is 6.54 Å². The number of nitrogens with zero attached hydrogens (tertiary/aromatic N) is 2. The Kier molecular flexibility index (Phi) is 5.86. The highest BCUT2D eigenvalue weighted by Crippen LogP contribution is 2.18. The molecule has 2 heterocycles. The summed E-state index contributed by atoms with van der Waals surface area (Å²) in [7, 11) is 0. The zero-order chi connectivity index (χ0) is 18.4. The second-order valence-electron chi connectivity index (χ2n) is 5.79. The van der Waals surface area contributed by atoms with Gasteiger partial charge in [-0.05, 0) is 36.8 Å². The third-order valence-electron chi connectivity index (χ3n) is 3.67. The number of carbonyl (C=O) groups is 1. The second-order valence-corrected chi connectivity index (χ2v) is 6.73. The van der Waals surface area contributed by atoms with Crippen molar-refractivity contribution in [1.82, 2.24) is 9.88 Å². The highest BCUT2D eigenvalue weighted by Gasteiger charge is 2.18. The van der Waals surface area contributed by atoms with Crippen molar-refractivity contribution in [3.63, 3.8) is 0 Å². The molecule has 0 unspecified atom stereocenters. The van der Waals surface area contributed by atoms with E-state index < -0.39 is 0 Å². The first-order valence-corrected chi connectivity index (χ1v) is 9.10. The van der Waals surface area contributed by atoms with Crippen molar-refractivity contribution in [3.8, 4) is 5.75 Å². The summed E-state index contributed by atoms with van der Waals surface area (Å²) in [5.41, 5.74) is 1.97.